The molecule has 0 atom stereocenters. The zero-order valence-electron chi connectivity index (χ0n) is 8.17. The summed E-state index contributed by atoms with van der Waals surface area (Å²) in [6.07, 6.45) is 2.27. The van der Waals surface area contributed by atoms with Crippen LogP contribution in [0.1, 0.15) is 12.0 Å². The summed E-state index contributed by atoms with van der Waals surface area (Å²) in [7, 11) is 0. The van der Waals surface area contributed by atoms with Gasteiger partial charge in [0.25, 0.3) is 0 Å². The second-order valence-corrected chi connectivity index (χ2v) is 3.80. The molecule has 1 saturated heterocycles. The summed E-state index contributed by atoms with van der Waals surface area (Å²) >= 11 is 0. The van der Waals surface area contributed by atoms with Gasteiger partial charge in [0.05, 0.1) is 5.69 Å². The molecular weight excluding hydrogens is 179 g/mol. The minimum absolute atomic E-state index is 0.256. The topological polar surface area (TPSA) is 29.3 Å². The Hall–Kier alpha value is -1.09. The molecule has 2 nitrogen and oxygen atoms in total. The van der Waals surface area contributed by atoms with Crippen LogP contribution in [-0.2, 0) is 6.42 Å². The van der Waals surface area contributed by atoms with Crippen molar-refractivity contribution in [3.8, 4) is 0 Å². The van der Waals surface area contributed by atoms with Crippen LogP contribution in [-0.4, -0.2) is 24.5 Å². The van der Waals surface area contributed by atoms with E-state index in [4.69, 9.17) is 5.73 Å². The van der Waals surface area contributed by atoms with Crippen LogP contribution in [0.5, 0.6) is 0 Å². The Morgan fingerprint density at radius 3 is 2.71 bits per heavy atom. The van der Waals surface area contributed by atoms with Gasteiger partial charge in [0.15, 0.2) is 0 Å². The summed E-state index contributed by atoms with van der Waals surface area (Å²) in [5.41, 5.74) is 6.86. The molecule has 0 aromatic heterocycles. The Morgan fingerprint density at radius 1 is 1.36 bits per heavy atom. The van der Waals surface area contributed by atoms with Gasteiger partial charge < -0.3 is 10.6 Å². The molecule has 14 heavy (non-hydrogen) atoms. The largest absolute Gasteiger partial charge is 0.396 e. The molecule has 0 amide bonds. The van der Waals surface area contributed by atoms with Gasteiger partial charge in [0.1, 0.15) is 5.82 Å². The number of nitrogen functional groups attached to an aromatic ring is 1. The van der Waals surface area contributed by atoms with Crippen molar-refractivity contribution in [2.75, 3.05) is 25.4 Å². The van der Waals surface area contributed by atoms with Gasteiger partial charge >= 0.3 is 0 Å². The van der Waals surface area contributed by atoms with Crippen molar-refractivity contribution < 1.29 is 4.39 Å². The number of likely N-dealkylation sites (tertiary alicyclic amines) is 1. The molecule has 0 radical (unpaired) electrons. The van der Waals surface area contributed by atoms with Crippen molar-refractivity contribution >= 4 is 5.69 Å². The fourth-order valence-corrected chi connectivity index (χ4v) is 1.64. The highest BCUT2D eigenvalue weighted by Gasteiger charge is 2.12. The van der Waals surface area contributed by atoms with Crippen LogP contribution >= 0.6 is 0 Å². The first-order chi connectivity index (χ1) is 6.75. The molecule has 0 saturated carbocycles. The molecule has 0 unspecified atom stereocenters. The van der Waals surface area contributed by atoms with Gasteiger partial charge in [-0.05, 0) is 43.6 Å². The van der Waals surface area contributed by atoms with Crippen LogP contribution in [0.3, 0.4) is 0 Å². The van der Waals surface area contributed by atoms with Crippen molar-refractivity contribution in [2.24, 2.45) is 0 Å². The Kier molecular flexibility index (Phi) is 2.68. The van der Waals surface area contributed by atoms with Crippen molar-refractivity contribution in [3.05, 3.63) is 29.6 Å². The van der Waals surface area contributed by atoms with Crippen LogP contribution in [0.4, 0.5) is 10.1 Å². The third-order valence-corrected chi connectivity index (χ3v) is 2.73. The zero-order chi connectivity index (χ0) is 9.97. The molecule has 1 fully saturated rings. The van der Waals surface area contributed by atoms with Gasteiger partial charge in [-0.25, -0.2) is 4.39 Å². The van der Waals surface area contributed by atoms with E-state index in [0.29, 0.717) is 0 Å². The first-order valence-electron chi connectivity index (χ1n) is 5.02. The van der Waals surface area contributed by atoms with Crippen molar-refractivity contribution in [2.45, 2.75) is 12.8 Å². The average Bonchev–Trinajstić information content (AvgIpc) is 2.08. The lowest BCUT2D eigenvalue weighted by molar-refractivity contribution is 0.184. The fourth-order valence-electron chi connectivity index (χ4n) is 1.64. The number of halogens is 1. The number of hydrogen-bond acceptors (Lipinski definition) is 2. The molecule has 76 valence electrons. The minimum Gasteiger partial charge on any atom is -0.396 e. The lowest BCUT2D eigenvalue weighted by Crippen LogP contribution is -2.38. The lowest BCUT2D eigenvalue weighted by Gasteiger charge is -2.30. The standard InChI is InChI=1S/C11H15FN2/c12-10-3-2-9(8-11(10)13)4-7-14-5-1-6-14/h2-3,8H,1,4-7,13H2. The van der Waals surface area contributed by atoms with Crippen LogP contribution in [0.15, 0.2) is 18.2 Å². The Morgan fingerprint density at radius 2 is 2.14 bits per heavy atom. The van der Waals surface area contributed by atoms with E-state index in [1.165, 1.54) is 25.6 Å². The van der Waals surface area contributed by atoms with Crippen molar-refractivity contribution in [1.82, 2.24) is 4.90 Å². The van der Waals surface area contributed by atoms with Gasteiger partial charge in [0.2, 0.25) is 0 Å². The van der Waals surface area contributed by atoms with Crippen LogP contribution in [0.2, 0.25) is 0 Å². The number of rotatable bonds is 3. The molecule has 0 spiro atoms. The molecule has 2 N–H and O–H groups in total. The molecule has 2 rings (SSSR count). The number of benzene rings is 1. The number of hydrogen-bond donors (Lipinski definition) is 1. The Bertz CT molecular complexity index is 321. The maximum absolute atomic E-state index is 12.8. The van der Waals surface area contributed by atoms with Crippen LogP contribution in [0.25, 0.3) is 0 Å². The highest BCUT2D eigenvalue weighted by Crippen LogP contribution is 2.14. The highest BCUT2D eigenvalue weighted by atomic mass is 19.1. The Balaban J connectivity index is 1.91. The van der Waals surface area contributed by atoms with E-state index >= 15 is 0 Å². The normalized spacial score (nSPS) is 16.6. The van der Waals surface area contributed by atoms with E-state index in [-0.39, 0.29) is 11.5 Å². The van der Waals surface area contributed by atoms with Gasteiger partial charge in [0, 0.05) is 6.54 Å². The fraction of sp³-hybridized carbons (Fsp3) is 0.455. The molecule has 1 aromatic carbocycles. The number of nitrogens with zero attached hydrogens (tertiary/aromatic N) is 1. The quantitative estimate of drug-likeness (QED) is 0.741. The third-order valence-electron chi connectivity index (χ3n) is 2.73. The van der Waals surface area contributed by atoms with E-state index < -0.39 is 0 Å². The van der Waals surface area contributed by atoms with E-state index in [0.717, 1.165) is 18.5 Å². The summed E-state index contributed by atoms with van der Waals surface area (Å²) in [4.78, 5) is 2.39. The molecule has 0 aliphatic carbocycles. The minimum atomic E-state index is -0.322. The second-order valence-electron chi connectivity index (χ2n) is 3.80. The lowest BCUT2D eigenvalue weighted by atomic mass is 10.1. The monoisotopic (exact) mass is 194 g/mol. The predicted octanol–water partition coefficient (Wildman–Crippen LogP) is 1.66. The molecule has 1 aliphatic rings. The number of anilines is 1. The maximum Gasteiger partial charge on any atom is 0.146 e. The van der Waals surface area contributed by atoms with Crippen LogP contribution < -0.4 is 5.73 Å². The molecule has 3 heteroatoms. The van der Waals surface area contributed by atoms with Gasteiger partial charge in [-0.3, -0.25) is 0 Å². The molecule has 1 aromatic rings. The van der Waals surface area contributed by atoms with Crippen LogP contribution in [0, 0.1) is 5.82 Å². The summed E-state index contributed by atoms with van der Waals surface area (Å²) in [5.74, 6) is -0.322. The van der Waals surface area contributed by atoms with E-state index in [9.17, 15) is 4.39 Å². The highest BCUT2D eigenvalue weighted by molar-refractivity contribution is 5.42. The first kappa shape index (κ1) is 9.46. The smallest absolute Gasteiger partial charge is 0.146 e. The summed E-state index contributed by atoms with van der Waals surface area (Å²) in [6, 6.07) is 4.99. The zero-order valence-corrected chi connectivity index (χ0v) is 8.17. The van der Waals surface area contributed by atoms with E-state index in [2.05, 4.69) is 4.90 Å². The summed E-state index contributed by atoms with van der Waals surface area (Å²) < 4.78 is 12.8. The maximum atomic E-state index is 12.8. The van der Waals surface area contributed by atoms with Gasteiger partial charge in [-0.1, -0.05) is 6.07 Å². The van der Waals surface area contributed by atoms with E-state index in [1.54, 1.807) is 6.07 Å². The molecule has 1 aliphatic heterocycles. The molecule has 0 bridgehead atoms. The SMILES string of the molecule is Nc1cc(CCN2CCC2)ccc1F. The third kappa shape index (κ3) is 2.04. The van der Waals surface area contributed by atoms with Gasteiger partial charge in [-0.15, -0.1) is 0 Å². The first-order valence-corrected chi connectivity index (χ1v) is 5.02. The molecular formula is C11H15FN2. The van der Waals surface area contributed by atoms with E-state index in [1.807, 2.05) is 6.07 Å². The summed E-state index contributed by atoms with van der Waals surface area (Å²) in [6.45, 7) is 3.47. The average molecular weight is 194 g/mol. The predicted molar refractivity (Wildman–Crippen MR) is 55.6 cm³/mol. The number of nitrogens with two attached hydrogens (primary N) is 1. The summed E-state index contributed by atoms with van der Waals surface area (Å²) in [5, 5.41) is 0. The van der Waals surface area contributed by atoms with Crippen molar-refractivity contribution in [1.29, 1.82) is 0 Å². The Labute approximate surface area is 83.5 Å². The van der Waals surface area contributed by atoms with Gasteiger partial charge in [-0.2, -0.15) is 0 Å². The molecule has 1 heterocycles. The van der Waals surface area contributed by atoms with Crippen molar-refractivity contribution in [3.63, 3.8) is 0 Å². The second kappa shape index (κ2) is 3.96.